The lowest BCUT2D eigenvalue weighted by atomic mass is 9.98. The molecule has 0 amide bonds. The topological polar surface area (TPSA) is 38.3 Å². The van der Waals surface area contributed by atoms with E-state index in [0.717, 1.165) is 16.8 Å². The number of benzene rings is 2. The van der Waals surface area contributed by atoms with Crippen molar-refractivity contribution >= 4 is 5.97 Å². The van der Waals surface area contributed by atoms with Crippen LogP contribution in [0.2, 0.25) is 0 Å². The van der Waals surface area contributed by atoms with E-state index in [9.17, 15) is 4.79 Å². The molecule has 22 heavy (non-hydrogen) atoms. The second-order valence-corrected chi connectivity index (χ2v) is 4.98. The average Bonchev–Trinajstić information content (AvgIpc) is 2.54. The number of esters is 1. The van der Waals surface area contributed by atoms with Gasteiger partial charge in [-0.3, -0.25) is 0 Å². The van der Waals surface area contributed by atoms with E-state index in [-0.39, 0.29) is 12.0 Å². The SMILES string of the molecule is CCOC(=O)/C=C(\C)NC(c1ccccc1)c1ccccc1. The van der Waals surface area contributed by atoms with Crippen LogP contribution in [0.15, 0.2) is 72.4 Å². The van der Waals surface area contributed by atoms with Crippen molar-refractivity contribution in [1.29, 1.82) is 0 Å². The van der Waals surface area contributed by atoms with E-state index in [0.29, 0.717) is 6.61 Å². The Hall–Kier alpha value is -2.55. The molecule has 2 rings (SSSR count). The normalized spacial score (nSPS) is 11.3. The number of hydrogen-bond donors (Lipinski definition) is 1. The zero-order valence-electron chi connectivity index (χ0n) is 13.0. The number of carbonyl (C=O) groups excluding carboxylic acids is 1. The monoisotopic (exact) mass is 295 g/mol. The van der Waals surface area contributed by atoms with Crippen molar-refractivity contribution in [3.05, 3.63) is 83.6 Å². The minimum Gasteiger partial charge on any atom is -0.463 e. The largest absolute Gasteiger partial charge is 0.463 e. The Balaban J connectivity index is 2.25. The van der Waals surface area contributed by atoms with Gasteiger partial charge in [-0.05, 0) is 25.0 Å². The first kappa shape index (κ1) is 15.8. The Kier molecular flexibility index (Phi) is 5.78. The third-order valence-corrected chi connectivity index (χ3v) is 3.26. The Morgan fingerprint density at radius 3 is 2.00 bits per heavy atom. The zero-order valence-corrected chi connectivity index (χ0v) is 13.0. The standard InChI is InChI=1S/C19H21NO2/c1-3-22-18(21)14-15(2)20-19(16-10-6-4-7-11-16)17-12-8-5-9-13-17/h4-14,19-20H,3H2,1-2H3/b15-14+. The minimum atomic E-state index is -0.327. The van der Waals surface area contributed by atoms with Crippen LogP contribution in [0.1, 0.15) is 31.0 Å². The first-order valence-electron chi connectivity index (χ1n) is 7.42. The molecule has 1 N–H and O–H groups in total. The van der Waals surface area contributed by atoms with Gasteiger partial charge in [0.25, 0.3) is 0 Å². The molecule has 0 radical (unpaired) electrons. The Morgan fingerprint density at radius 2 is 1.55 bits per heavy atom. The summed E-state index contributed by atoms with van der Waals surface area (Å²) in [6.07, 6.45) is 1.49. The second kappa shape index (κ2) is 8.03. The van der Waals surface area contributed by atoms with E-state index in [1.54, 1.807) is 6.92 Å². The van der Waals surface area contributed by atoms with Gasteiger partial charge in [-0.25, -0.2) is 4.79 Å². The van der Waals surface area contributed by atoms with Gasteiger partial charge in [0.1, 0.15) is 0 Å². The van der Waals surface area contributed by atoms with Crippen LogP contribution in [0.5, 0.6) is 0 Å². The molecule has 0 heterocycles. The number of nitrogens with one attached hydrogen (secondary N) is 1. The molecule has 0 saturated heterocycles. The van der Waals surface area contributed by atoms with Crippen LogP contribution < -0.4 is 5.32 Å². The van der Waals surface area contributed by atoms with Crippen LogP contribution in [0.3, 0.4) is 0 Å². The van der Waals surface area contributed by atoms with E-state index in [1.807, 2.05) is 43.3 Å². The predicted octanol–water partition coefficient (Wildman–Crippen LogP) is 3.83. The fourth-order valence-corrected chi connectivity index (χ4v) is 2.28. The predicted molar refractivity (Wildman–Crippen MR) is 88.3 cm³/mol. The maximum atomic E-state index is 11.6. The van der Waals surface area contributed by atoms with Gasteiger partial charge in [-0.1, -0.05) is 60.7 Å². The molecule has 2 aromatic rings. The van der Waals surface area contributed by atoms with Gasteiger partial charge >= 0.3 is 5.97 Å². The van der Waals surface area contributed by atoms with Crippen molar-refractivity contribution in [2.75, 3.05) is 6.61 Å². The Morgan fingerprint density at radius 1 is 1.05 bits per heavy atom. The third-order valence-electron chi connectivity index (χ3n) is 3.26. The Labute approximate surface area is 131 Å². The first-order chi connectivity index (χ1) is 10.7. The summed E-state index contributed by atoms with van der Waals surface area (Å²) in [6.45, 7) is 4.05. The van der Waals surface area contributed by atoms with Crippen LogP contribution >= 0.6 is 0 Å². The van der Waals surface area contributed by atoms with Gasteiger partial charge in [0.15, 0.2) is 0 Å². The summed E-state index contributed by atoms with van der Waals surface area (Å²) in [7, 11) is 0. The van der Waals surface area contributed by atoms with E-state index < -0.39 is 0 Å². The van der Waals surface area contributed by atoms with E-state index in [1.165, 1.54) is 6.08 Å². The molecule has 0 aliphatic rings. The molecule has 2 aromatic carbocycles. The Bertz CT molecular complexity index is 581. The summed E-state index contributed by atoms with van der Waals surface area (Å²) in [5.41, 5.74) is 3.06. The van der Waals surface area contributed by atoms with Crippen molar-refractivity contribution in [3.8, 4) is 0 Å². The van der Waals surface area contributed by atoms with Gasteiger partial charge in [0, 0.05) is 11.8 Å². The molecule has 0 aliphatic carbocycles. The average molecular weight is 295 g/mol. The molecule has 0 bridgehead atoms. The van der Waals surface area contributed by atoms with Crippen LogP contribution in [-0.2, 0) is 9.53 Å². The van der Waals surface area contributed by atoms with Crippen molar-refractivity contribution in [3.63, 3.8) is 0 Å². The maximum absolute atomic E-state index is 11.6. The van der Waals surface area contributed by atoms with Crippen molar-refractivity contribution in [2.24, 2.45) is 0 Å². The number of allylic oxidation sites excluding steroid dienone is 1. The minimum absolute atomic E-state index is 0.00641. The molecular weight excluding hydrogens is 274 g/mol. The first-order valence-corrected chi connectivity index (χ1v) is 7.42. The molecule has 0 spiro atoms. The summed E-state index contributed by atoms with van der Waals surface area (Å²) in [5, 5.41) is 3.40. The van der Waals surface area contributed by atoms with Gasteiger partial charge in [0.2, 0.25) is 0 Å². The molecule has 3 heteroatoms. The highest BCUT2D eigenvalue weighted by Crippen LogP contribution is 2.22. The quantitative estimate of drug-likeness (QED) is 0.650. The van der Waals surface area contributed by atoms with Gasteiger partial charge in [-0.15, -0.1) is 0 Å². The molecule has 0 saturated carbocycles. The van der Waals surface area contributed by atoms with Gasteiger partial charge in [-0.2, -0.15) is 0 Å². The summed E-state index contributed by atoms with van der Waals surface area (Å²) >= 11 is 0. The van der Waals surface area contributed by atoms with Crippen molar-refractivity contribution in [2.45, 2.75) is 19.9 Å². The van der Waals surface area contributed by atoms with Crippen LogP contribution in [0.4, 0.5) is 0 Å². The number of hydrogen-bond acceptors (Lipinski definition) is 3. The zero-order chi connectivity index (χ0) is 15.8. The molecular formula is C19H21NO2. The molecule has 0 aliphatic heterocycles. The lowest BCUT2D eigenvalue weighted by Crippen LogP contribution is -2.21. The highest BCUT2D eigenvalue weighted by Gasteiger charge is 2.13. The highest BCUT2D eigenvalue weighted by atomic mass is 16.5. The van der Waals surface area contributed by atoms with Gasteiger partial charge in [0.05, 0.1) is 12.6 Å². The van der Waals surface area contributed by atoms with Crippen molar-refractivity contribution in [1.82, 2.24) is 5.32 Å². The summed E-state index contributed by atoms with van der Waals surface area (Å²) in [4.78, 5) is 11.6. The smallest absolute Gasteiger partial charge is 0.332 e. The molecule has 0 aromatic heterocycles. The van der Waals surface area contributed by atoms with Gasteiger partial charge < -0.3 is 10.1 Å². The lowest BCUT2D eigenvalue weighted by Gasteiger charge is -2.21. The fourth-order valence-electron chi connectivity index (χ4n) is 2.28. The number of ether oxygens (including phenoxy) is 1. The number of carbonyl (C=O) groups is 1. The molecule has 0 fully saturated rings. The molecule has 0 atom stereocenters. The summed E-state index contributed by atoms with van der Waals surface area (Å²) < 4.78 is 4.95. The molecule has 0 unspecified atom stereocenters. The van der Waals surface area contributed by atoms with Crippen LogP contribution in [0, 0.1) is 0 Å². The van der Waals surface area contributed by atoms with Crippen LogP contribution in [-0.4, -0.2) is 12.6 Å². The number of rotatable bonds is 6. The maximum Gasteiger partial charge on any atom is 0.332 e. The molecule has 114 valence electrons. The highest BCUT2D eigenvalue weighted by molar-refractivity contribution is 5.82. The van der Waals surface area contributed by atoms with E-state index >= 15 is 0 Å². The third kappa shape index (κ3) is 4.48. The van der Waals surface area contributed by atoms with Crippen molar-refractivity contribution < 1.29 is 9.53 Å². The van der Waals surface area contributed by atoms with Crippen LogP contribution in [0.25, 0.3) is 0 Å². The van der Waals surface area contributed by atoms with E-state index in [2.05, 4.69) is 29.6 Å². The second-order valence-electron chi connectivity index (χ2n) is 4.98. The molecule has 3 nitrogen and oxygen atoms in total. The lowest BCUT2D eigenvalue weighted by molar-refractivity contribution is -0.137. The summed E-state index contributed by atoms with van der Waals surface area (Å²) in [6, 6.07) is 20.3. The van der Waals surface area contributed by atoms with E-state index in [4.69, 9.17) is 4.74 Å². The fraction of sp³-hybridized carbons (Fsp3) is 0.211. The summed E-state index contributed by atoms with van der Waals surface area (Å²) in [5.74, 6) is -0.327.